The van der Waals surface area contributed by atoms with Crippen LogP contribution in [0.3, 0.4) is 0 Å². The van der Waals surface area contributed by atoms with Gasteiger partial charge in [-0.1, -0.05) is 19.4 Å². The van der Waals surface area contributed by atoms with Gasteiger partial charge in [-0.15, -0.1) is 11.6 Å². The van der Waals surface area contributed by atoms with Gasteiger partial charge in [-0.2, -0.15) is 0 Å². The van der Waals surface area contributed by atoms with Gasteiger partial charge in [0, 0.05) is 24.5 Å². The average molecular weight is 272 g/mol. The lowest BCUT2D eigenvalue weighted by molar-refractivity contribution is 0.0762. The molecule has 1 rings (SSSR count). The molecule has 1 amide bonds. The monoisotopic (exact) mass is 271 g/mol. The molecule has 2 nitrogen and oxygen atoms in total. The molecule has 0 aliphatic heterocycles. The van der Waals surface area contributed by atoms with Gasteiger partial charge in [-0.25, -0.2) is 4.39 Å². The smallest absolute Gasteiger partial charge is 0.254 e. The van der Waals surface area contributed by atoms with Gasteiger partial charge in [0.15, 0.2) is 0 Å². The molecule has 100 valence electrons. The van der Waals surface area contributed by atoms with Crippen LogP contribution in [0.1, 0.15) is 35.7 Å². The summed E-state index contributed by atoms with van der Waals surface area (Å²) in [4.78, 5) is 14.0. The normalized spacial score (nSPS) is 10.4. The van der Waals surface area contributed by atoms with E-state index in [0.717, 1.165) is 18.4 Å². The fourth-order valence-corrected chi connectivity index (χ4v) is 1.96. The highest BCUT2D eigenvalue weighted by molar-refractivity contribution is 6.18. The first kappa shape index (κ1) is 15.0. The predicted molar refractivity (Wildman–Crippen MR) is 72.7 cm³/mol. The topological polar surface area (TPSA) is 20.3 Å². The van der Waals surface area contributed by atoms with Gasteiger partial charge in [0.25, 0.3) is 5.91 Å². The first-order valence-electron chi connectivity index (χ1n) is 6.21. The van der Waals surface area contributed by atoms with Crippen molar-refractivity contribution in [2.45, 2.75) is 26.7 Å². The Hall–Kier alpha value is -1.09. The van der Waals surface area contributed by atoms with Crippen LogP contribution in [-0.2, 0) is 0 Å². The van der Waals surface area contributed by atoms with Crippen molar-refractivity contribution in [3.05, 3.63) is 35.1 Å². The molecule has 0 aromatic heterocycles. The van der Waals surface area contributed by atoms with Gasteiger partial charge in [-0.3, -0.25) is 4.79 Å². The molecule has 4 heteroatoms. The number of nitrogens with zero attached hydrogens (tertiary/aromatic N) is 1. The van der Waals surface area contributed by atoms with E-state index < -0.39 is 0 Å². The molecule has 0 bridgehead atoms. The molecule has 0 saturated heterocycles. The molecule has 1 aromatic carbocycles. The maximum Gasteiger partial charge on any atom is 0.254 e. The van der Waals surface area contributed by atoms with Crippen molar-refractivity contribution in [3.8, 4) is 0 Å². The maximum absolute atomic E-state index is 13.2. The number of unbranched alkanes of at least 4 members (excludes halogenated alkanes) is 1. The summed E-state index contributed by atoms with van der Waals surface area (Å²) in [6.07, 6.45) is 1.94. The largest absolute Gasteiger partial charge is 0.337 e. The Labute approximate surface area is 113 Å². The van der Waals surface area contributed by atoms with Crippen LogP contribution in [0.15, 0.2) is 18.2 Å². The lowest BCUT2D eigenvalue weighted by Gasteiger charge is -2.22. The SMILES string of the molecule is CCCCN(CCCl)C(=O)c1cc(F)ccc1C. The molecule has 0 aliphatic carbocycles. The second-order valence-electron chi connectivity index (χ2n) is 4.29. The average Bonchev–Trinajstić information content (AvgIpc) is 2.36. The summed E-state index contributed by atoms with van der Waals surface area (Å²) in [6, 6.07) is 4.29. The highest BCUT2D eigenvalue weighted by Gasteiger charge is 2.17. The van der Waals surface area contributed by atoms with Crippen LogP contribution in [0.5, 0.6) is 0 Å². The number of halogens is 2. The van der Waals surface area contributed by atoms with Gasteiger partial charge in [0.2, 0.25) is 0 Å². The Morgan fingerprint density at radius 3 is 2.72 bits per heavy atom. The first-order chi connectivity index (χ1) is 8.60. The van der Waals surface area contributed by atoms with Crippen molar-refractivity contribution in [3.63, 3.8) is 0 Å². The second-order valence-corrected chi connectivity index (χ2v) is 4.67. The van der Waals surface area contributed by atoms with Crippen LogP contribution < -0.4 is 0 Å². The summed E-state index contributed by atoms with van der Waals surface area (Å²) in [5.41, 5.74) is 1.22. The third kappa shape index (κ3) is 3.98. The number of carbonyl (C=O) groups excluding carboxylic acids is 1. The molecule has 18 heavy (non-hydrogen) atoms. The molecule has 0 fully saturated rings. The molecule has 0 saturated carbocycles. The van der Waals surface area contributed by atoms with E-state index in [2.05, 4.69) is 6.92 Å². The summed E-state index contributed by atoms with van der Waals surface area (Å²) in [7, 11) is 0. The molecule has 1 aromatic rings. The third-order valence-electron chi connectivity index (χ3n) is 2.85. The number of benzene rings is 1. The molecule has 0 atom stereocenters. The van der Waals surface area contributed by atoms with Crippen LogP contribution in [-0.4, -0.2) is 29.8 Å². The summed E-state index contributed by atoms with van der Waals surface area (Å²) < 4.78 is 13.2. The zero-order valence-electron chi connectivity index (χ0n) is 10.9. The minimum Gasteiger partial charge on any atom is -0.337 e. The molecular formula is C14H19ClFNO. The zero-order valence-corrected chi connectivity index (χ0v) is 11.6. The van der Waals surface area contributed by atoms with Crippen LogP contribution >= 0.6 is 11.6 Å². The standard InChI is InChI=1S/C14H19ClFNO/c1-3-4-8-17(9-7-15)14(18)13-10-12(16)6-5-11(13)2/h5-6,10H,3-4,7-9H2,1-2H3. The Kier molecular flexibility index (Phi) is 6.13. The first-order valence-corrected chi connectivity index (χ1v) is 6.75. The Balaban J connectivity index is 2.90. The Morgan fingerprint density at radius 1 is 1.39 bits per heavy atom. The van der Waals surface area contributed by atoms with E-state index in [1.807, 2.05) is 6.92 Å². The number of rotatable bonds is 6. The number of hydrogen-bond acceptors (Lipinski definition) is 1. The molecule has 0 N–H and O–H groups in total. The van der Waals surface area contributed by atoms with Crippen molar-refractivity contribution >= 4 is 17.5 Å². The van der Waals surface area contributed by atoms with Crippen LogP contribution in [0.25, 0.3) is 0 Å². The number of aryl methyl sites for hydroxylation is 1. The third-order valence-corrected chi connectivity index (χ3v) is 3.02. The lowest BCUT2D eigenvalue weighted by atomic mass is 10.1. The van der Waals surface area contributed by atoms with Crippen molar-refractivity contribution < 1.29 is 9.18 Å². The molecule has 0 unspecified atom stereocenters. The minimum absolute atomic E-state index is 0.138. The van der Waals surface area contributed by atoms with E-state index in [4.69, 9.17) is 11.6 Å². The van der Waals surface area contributed by atoms with E-state index in [9.17, 15) is 9.18 Å². The van der Waals surface area contributed by atoms with Crippen LogP contribution in [0, 0.1) is 12.7 Å². The quantitative estimate of drug-likeness (QED) is 0.724. The molecule has 0 aliphatic rings. The van der Waals surface area contributed by atoms with Crippen LogP contribution in [0.2, 0.25) is 0 Å². The van der Waals surface area contributed by atoms with E-state index in [1.165, 1.54) is 12.1 Å². The zero-order chi connectivity index (χ0) is 13.5. The number of hydrogen-bond donors (Lipinski definition) is 0. The van der Waals surface area contributed by atoms with Gasteiger partial charge >= 0.3 is 0 Å². The van der Waals surface area contributed by atoms with Gasteiger partial charge in [0.1, 0.15) is 5.82 Å². The fourth-order valence-electron chi connectivity index (χ4n) is 1.76. The van der Waals surface area contributed by atoms with Gasteiger partial charge in [-0.05, 0) is 31.0 Å². The number of amides is 1. The van der Waals surface area contributed by atoms with E-state index >= 15 is 0 Å². The fraction of sp³-hybridized carbons (Fsp3) is 0.500. The predicted octanol–water partition coefficient (Wildman–Crippen LogP) is 3.62. The summed E-state index contributed by atoms with van der Waals surface area (Å²) in [5.74, 6) is -0.129. The van der Waals surface area contributed by atoms with Crippen molar-refractivity contribution in [2.75, 3.05) is 19.0 Å². The summed E-state index contributed by atoms with van der Waals surface area (Å²) in [5, 5.41) is 0. The number of alkyl halides is 1. The highest BCUT2D eigenvalue weighted by Crippen LogP contribution is 2.13. The van der Waals surface area contributed by atoms with Gasteiger partial charge in [0.05, 0.1) is 0 Å². The van der Waals surface area contributed by atoms with Crippen molar-refractivity contribution in [1.29, 1.82) is 0 Å². The minimum atomic E-state index is -0.384. The molecular weight excluding hydrogens is 253 g/mol. The number of carbonyl (C=O) groups is 1. The van der Waals surface area contributed by atoms with E-state index in [1.54, 1.807) is 11.0 Å². The van der Waals surface area contributed by atoms with E-state index in [0.29, 0.717) is 24.5 Å². The molecule has 0 heterocycles. The lowest BCUT2D eigenvalue weighted by Crippen LogP contribution is -2.34. The Bertz CT molecular complexity index is 409. The Morgan fingerprint density at radius 2 is 2.11 bits per heavy atom. The summed E-state index contributed by atoms with van der Waals surface area (Å²) >= 11 is 5.71. The molecule has 0 spiro atoms. The van der Waals surface area contributed by atoms with Crippen molar-refractivity contribution in [2.24, 2.45) is 0 Å². The highest BCUT2D eigenvalue weighted by atomic mass is 35.5. The van der Waals surface area contributed by atoms with E-state index in [-0.39, 0.29) is 11.7 Å². The van der Waals surface area contributed by atoms with Crippen molar-refractivity contribution in [1.82, 2.24) is 4.90 Å². The van der Waals surface area contributed by atoms with Gasteiger partial charge < -0.3 is 4.90 Å². The van der Waals surface area contributed by atoms with Crippen LogP contribution in [0.4, 0.5) is 4.39 Å². The second kappa shape index (κ2) is 7.37. The summed E-state index contributed by atoms with van der Waals surface area (Å²) in [6.45, 7) is 5.04. The maximum atomic E-state index is 13.2. The molecule has 0 radical (unpaired) electrons.